The van der Waals surface area contributed by atoms with Crippen LogP contribution < -0.4 is 14.4 Å². The largest absolute Gasteiger partial charge is 0.507 e. The van der Waals surface area contributed by atoms with E-state index in [2.05, 4.69) is 0 Å². The van der Waals surface area contributed by atoms with Crippen LogP contribution >= 0.6 is 22.9 Å². The Bertz CT molecular complexity index is 1230. The molecule has 6 nitrogen and oxygen atoms in total. The standard InChI is InChI=1S/C25H22ClNO5S/c1-4-14-7-9-15(10-8-14)27-22(20-6-5-11-33-20)21(24(29)25(27)30)23(28)16-12-17(26)19(32-3)13-18(16)31-2/h5-13,22,28H,4H2,1-3H3/b23-21-. The van der Waals surface area contributed by atoms with Gasteiger partial charge in [-0.3, -0.25) is 14.5 Å². The highest BCUT2D eigenvalue weighted by molar-refractivity contribution is 7.10. The quantitative estimate of drug-likeness (QED) is 0.280. The van der Waals surface area contributed by atoms with Crippen molar-refractivity contribution in [1.29, 1.82) is 0 Å². The number of hydrogen-bond acceptors (Lipinski definition) is 6. The molecule has 0 aliphatic carbocycles. The van der Waals surface area contributed by atoms with Gasteiger partial charge in [0.25, 0.3) is 11.7 Å². The van der Waals surface area contributed by atoms with Crippen LogP contribution in [0.3, 0.4) is 0 Å². The van der Waals surface area contributed by atoms with Gasteiger partial charge in [0.05, 0.1) is 30.4 Å². The summed E-state index contributed by atoms with van der Waals surface area (Å²) in [5.41, 5.74) is 1.86. The molecule has 170 valence electrons. The molecule has 0 saturated carbocycles. The molecule has 3 aromatic rings. The van der Waals surface area contributed by atoms with Crippen molar-refractivity contribution in [2.24, 2.45) is 0 Å². The van der Waals surface area contributed by atoms with Crippen molar-refractivity contribution < 1.29 is 24.2 Å². The van der Waals surface area contributed by atoms with E-state index < -0.39 is 17.7 Å². The minimum absolute atomic E-state index is 0.0263. The van der Waals surface area contributed by atoms with E-state index in [0.29, 0.717) is 11.4 Å². The van der Waals surface area contributed by atoms with Crippen molar-refractivity contribution in [3.05, 3.63) is 80.5 Å². The van der Waals surface area contributed by atoms with E-state index in [1.165, 1.54) is 42.6 Å². The third kappa shape index (κ3) is 3.98. The number of hydrogen-bond donors (Lipinski definition) is 1. The maximum absolute atomic E-state index is 13.2. The molecule has 0 radical (unpaired) electrons. The zero-order valence-corrected chi connectivity index (χ0v) is 19.9. The molecule has 1 aliphatic heterocycles. The van der Waals surface area contributed by atoms with Crippen LogP contribution in [0.1, 0.15) is 29.0 Å². The summed E-state index contributed by atoms with van der Waals surface area (Å²) in [6.07, 6.45) is 0.853. The fourth-order valence-corrected chi connectivity index (χ4v) is 4.96. The fraction of sp³-hybridized carbons (Fsp3) is 0.200. The highest BCUT2D eigenvalue weighted by Crippen LogP contribution is 2.45. The summed E-state index contributed by atoms with van der Waals surface area (Å²) in [5.74, 6) is -1.23. The Kier molecular flexibility index (Phi) is 6.44. The summed E-state index contributed by atoms with van der Waals surface area (Å²) in [6, 6.07) is 13.3. The van der Waals surface area contributed by atoms with Crippen LogP contribution in [0.5, 0.6) is 11.5 Å². The normalized spacial score (nSPS) is 17.5. The number of ketones is 1. The highest BCUT2D eigenvalue weighted by Gasteiger charge is 2.47. The SMILES string of the molecule is CCc1ccc(N2C(=O)C(=O)/C(=C(\O)c3cc(Cl)c(OC)cc3OC)C2c2cccs2)cc1. The number of carbonyl (C=O) groups excluding carboxylic acids is 2. The number of rotatable bonds is 6. The molecule has 1 aliphatic rings. The Morgan fingerprint density at radius 2 is 1.79 bits per heavy atom. The highest BCUT2D eigenvalue weighted by atomic mass is 35.5. The number of aliphatic hydroxyl groups excluding tert-OH is 1. The van der Waals surface area contributed by atoms with Crippen LogP contribution in [0, 0.1) is 0 Å². The number of nitrogens with zero attached hydrogens (tertiary/aromatic N) is 1. The lowest BCUT2D eigenvalue weighted by Gasteiger charge is -2.24. The van der Waals surface area contributed by atoms with Crippen LogP contribution in [0.2, 0.25) is 5.02 Å². The first-order valence-electron chi connectivity index (χ1n) is 10.3. The third-order valence-electron chi connectivity index (χ3n) is 5.61. The molecule has 1 amide bonds. The number of benzene rings is 2. The number of amides is 1. The van der Waals surface area contributed by atoms with Gasteiger partial charge in [-0.25, -0.2) is 0 Å². The van der Waals surface area contributed by atoms with Gasteiger partial charge in [-0.05, 0) is 41.6 Å². The Hall–Kier alpha value is -3.29. The second kappa shape index (κ2) is 9.29. The van der Waals surface area contributed by atoms with E-state index >= 15 is 0 Å². The van der Waals surface area contributed by atoms with Gasteiger partial charge in [0.2, 0.25) is 0 Å². The number of halogens is 1. The average molecular weight is 484 g/mol. The van der Waals surface area contributed by atoms with Crippen LogP contribution in [0.4, 0.5) is 5.69 Å². The topological polar surface area (TPSA) is 76.1 Å². The van der Waals surface area contributed by atoms with E-state index in [1.54, 1.807) is 0 Å². The number of aliphatic hydroxyl groups is 1. The minimum Gasteiger partial charge on any atom is -0.507 e. The van der Waals surface area contributed by atoms with Crippen molar-refractivity contribution >= 4 is 46.1 Å². The van der Waals surface area contributed by atoms with Gasteiger partial charge in [0, 0.05) is 16.6 Å². The van der Waals surface area contributed by atoms with Gasteiger partial charge >= 0.3 is 0 Å². The summed E-state index contributed by atoms with van der Waals surface area (Å²) in [6.45, 7) is 2.04. The molecule has 8 heteroatoms. The van der Waals surface area contributed by atoms with E-state index in [9.17, 15) is 14.7 Å². The first-order valence-corrected chi connectivity index (χ1v) is 11.5. The summed E-state index contributed by atoms with van der Waals surface area (Å²) < 4.78 is 10.6. The summed E-state index contributed by atoms with van der Waals surface area (Å²) in [7, 11) is 2.90. The average Bonchev–Trinajstić information content (AvgIpc) is 3.45. The number of methoxy groups -OCH3 is 2. The van der Waals surface area contributed by atoms with Crippen LogP contribution in [0.25, 0.3) is 5.76 Å². The lowest BCUT2D eigenvalue weighted by Crippen LogP contribution is -2.29. The van der Waals surface area contributed by atoms with Crippen molar-refractivity contribution in [2.75, 3.05) is 19.1 Å². The second-order valence-corrected chi connectivity index (χ2v) is 8.78. The van der Waals surface area contributed by atoms with E-state index in [0.717, 1.165) is 16.9 Å². The molecule has 2 aromatic carbocycles. The van der Waals surface area contributed by atoms with Crippen LogP contribution in [-0.2, 0) is 16.0 Å². The van der Waals surface area contributed by atoms with E-state index in [1.807, 2.05) is 48.7 Å². The number of ether oxygens (including phenoxy) is 2. The Morgan fingerprint density at radius 3 is 2.36 bits per heavy atom. The molecule has 1 fully saturated rings. The van der Waals surface area contributed by atoms with Crippen LogP contribution in [0.15, 0.2) is 59.5 Å². The summed E-state index contributed by atoms with van der Waals surface area (Å²) in [5, 5.41) is 13.4. The first-order chi connectivity index (χ1) is 15.9. The van der Waals surface area contributed by atoms with Gasteiger partial charge in [-0.1, -0.05) is 36.7 Å². The first kappa shape index (κ1) is 22.9. The molecule has 1 atom stereocenters. The Morgan fingerprint density at radius 1 is 1.09 bits per heavy atom. The van der Waals surface area contributed by atoms with Gasteiger partial charge in [-0.2, -0.15) is 0 Å². The predicted molar refractivity (Wildman–Crippen MR) is 129 cm³/mol. The Labute approximate surface area is 200 Å². The number of thiophene rings is 1. The second-order valence-electron chi connectivity index (χ2n) is 7.39. The van der Waals surface area contributed by atoms with Crippen LogP contribution in [-0.4, -0.2) is 31.0 Å². The lowest BCUT2D eigenvalue weighted by atomic mass is 9.99. The maximum Gasteiger partial charge on any atom is 0.300 e. The smallest absolute Gasteiger partial charge is 0.300 e. The number of anilines is 1. The summed E-state index contributed by atoms with van der Waals surface area (Å²) in [4.78, 5) is 28.6. The fourth-order valence-electron chi connectivity index (χ4n) is 3.90. The van der Waals surface area contributed by atoms with Crippen molar-refractivity contribution in [3.63, 3.8) is 0 Å². The van der Waals surface area contributed by atoms with Gasteiger partial charge in [0.15, 0.2) is 0 Å². The number of Topliss-reactive ketones (excluding diaryl/α,β-unsaturated/α-hetero) is 1. The van der Waals surface area contributed by atoms with Crippen molar-refractivity contribution in [1.82, 2.24) is 0 Å². The van der Waals surface area contributed by atoms with Crippen molar-refractivity contribution in [2.45, 2.75) is 19.4 Å². The molecule has 0 spiro atoms. The molecule has 0 bridgehead atoms. The summed E-state index contributed by atoms with van der Waals surface area (Å²) >= 11 is 7.69. The molecule has 1 unspecified atom stereocenters. The monoisotopic (exact) mass is 483 g/mol. The Balaban J connectivity index is 1.93. The van der Waals surface area contributed by atoms with Gasteiger partial charge < -0.3 is 14.6 Å². The number of aryl methyl sites for hydroxylation is 1. The molecular weight excluding hydrogens is 462 g/mol. The molecule has 33 heavy (non-hydrogen) atoms. The lowest BCUT2D eigenvalue weighted by molar-refractivity contribution is -0.132. The molecule has 4 rings (SSSR count). The number of carbonyl (C=O) groups is 2. The molecular formula is C25H22ClNO5S. The molecule has 2 heterocycles. The molecule has 1 aromatic heterocycles. The van der Waals surface area contributed by atoms with Crippen molar-refractivity contribution in [3.8, 4) is 11.5 Å². The molecule has 1 N–H and O–H groups in total. The minimum atomic E-state index is -0.789. The maximum atomic E-state index is 13.2. The zero-order chi connectivity index (χ0) is 23.7. The van der Waals surface area contributed by atoms with E-state index in [-0.39, 0.29) is 27.7 Å². The predicted octanol–water partition coefficient (Wildman–Crippen LogP) is 5.61. The zero-order valence-electron chi connectivity index (χ0n) is 18.3. The van der Waals surface area contributed by atoms with Gasteiger partial charge in [0.1, 0.15) is 23.3 Å². The van der Waals surface area contributed by atoms with Gasteiger partial charge in [-0.15, -0.1) is 11.3 Å². The van der Waals surface area contributed by atoms with E-state index in [4.69, 9.17) is 21.1 Å². The molecule has 1 saturated heterocycles. The third-order valence-corrected chi connectivity index (χ3v) is 6.83.